The van der Waals surface area contributed by atoms with E-state index >= 15 is 0 Å². The van der Waals surface area contributed by atoms with Gasteiger partial charge in [-0.15, -0.1) is 0 Å². The molecule has 0 aliphatic carbocycles. The molecule has 0 fully saturated rings. The van der Waals surface area contributed by atoms with Gasteiger partial charge in [-0.25, -0.2) is 0 Å². The average Bonchev–Trinajstić information content (AvgIpc) is 2.25. The van der Waals surface area contributed by atoms with Crippen LogP contribution in [0.2, 0.25) is 0 Å². The van der Waals surface area contributed by atoms with E-state index in [1.54, 1.807) is 0 Å². The first kappa shape index (κ1) is 12.2. The Labute approximate surface area is 95.5 Å². The van der Waals surface area contributed by atoms with Crippen LogP contribution in [0.5, 0.6) is 0 Å². The third-order valence-electron chi connectivity index (χ3n) is 2.21. The second kappa shape index (κ2) is 4.79. The van der Waals surface area contributed by atoms with E-state index in [-0.39, 0.29) is 5.41 Å². The molecule has 0 spiro atoms. The minimum atomic E-state index is -0.272. The third-order valence-corrected chi connectivity index (χ3v) is 2.21. The van der Waals surface area contributed by atoms with Gasteiger partial charge >= 0.3 is 0 Å². The molecule has 3 N–H and O–H groups in total. The van der Waals surface area contributed by atoms with Crippen molar-refractivity contribution >= 4 is 11.4 Å². The molecule has 86 valence electrons. The maximum atomic E-state index is 9.10. The van der Waals surface area contributed by atoms with Gasteiger partial charge in [-0.3, -0.25) is 0 Å². The van der Waals surface area contributed by atoms with Crippen molar-refractivity contribution in [1.29, 1.82) is 0 Å². The highest BCUT2D eigenvalue weighted by Gasteiger charge is 2.25. The number of hydrogen-bond donors (Lipinski definition) is 2. The summed E-state index contributed by atoms with van der Waals surface area (Å²) >= 11 is 0. The number of hydrogen-bond acceptors (Lipinski definition) is 4. The predicted octanol–water partition coefficient (Wildman–Crippen LogP) is 2.23. The highest BCUT2D eigenvalue weighted by atomic mass is 16.4. The Morgan fingerprint density at radius 1 is 1.19 bits per heavy atom. The van der Waals surface area contributed by atoms with Crippen LogP contribution in [-0.4, -0.2) is 16.6 Å². The van der Waals surface area contributed by atoms with E-state index in [0.29, 0.717) is 11.4 Å². The molecule has 0 aliphatic heterocycles. The Morgan fingerprint density at radius 2 is 1.75 bits per heavy atom. The first-order valence-electron chi connectivity index (χ1n) is 5.07. The molecule has 0 unspecified atom stereocenters. The second-order valence-electron chi connectivity index (χ2n) is 4.54. The fourth-order valence-corrected chi connectivity index (χ4v) is 1.45. The largest absolute Gasteiger partial charge is 0.410 e. The number of nitrogens with two attached hydrogens (primary N) is 1. The lowest BCUT2D eigenvalue weighted by atomic mass is 9.85. The molecular formula is C12H17N3O. The van der Waals surface area contributed by atoms with Crippen LogP contribution >= 0.6 is 0 Å². The number of rotatable bonds is 2. The van der Waals surface area contributed by atoms with Crippen molar-refractivity contribution in [2.24, 2.45) is 21.5 Å². The minimum Gasteiger partial charge on any atom is -0.410 e. The molecule has 0 aliphatic rings. The zero-order valence-electron chi connectivity index (χ0n) is 9.81. The summed E-state index contributed by atoms with van der Waals surface area (Å²) in [5.74, 6) is 5.37. The van der Waals surface area contributed by atoms with Gasteiger partial charge in [0.1, 0.15) is 5.71 Å². The van der Waals surface area contributed by atoms with Gasteiger partial charge in [0.25, 0.3) is 0 Å². The summed E-state index contributed by atoms with van der Waals surface area (Å²) in [6, 6.07) is 9.35. The summed E-state index contributed by atoms with van der Waals surface area (Å²) in [6.45, 7) is 5.90. The Hall–Kier alpha value is -1.84. The van der Waals surface area contributed by atoms with E-state index in [0.717, 1.165) is 5.56 Å². The Bertz CT molecular complexity index is 402. The molecule has 0 bridgehead atoms. The van der Waals surface area contributed by atoms with Crippen LogP contribution in [0.3, 0.4) is 0 Å². The Morgan fingerprint density at radius 3 is 2.12 bits per heavy atom. The van der Waals surface area contributed by atoms with Gasteiger partial charge in [0, 0.05) is 11.0 Å². The molecule has 0 heterocycles. The summed E-state index contributed by atoms with van der Waals surface area (Å²) in [5, 5.41) is 16.1. The molecule has 1 aromatic rings. The standard InChI is InChI=1S/C12H17N3O/c1-12(2,3)11(14-13)10(15-16)9-7-5-4-6-8-9/h4-8,16H,13H2,1-3H3/b14-11-,15-10+. The van der Waals surface area contributed by atoms with E-state index in [9.17, 15) is 0 Å². The van der Waals surface area contributed by atoms with Crippen LogP contribution in [0, 0.1) is 5.41 Å². The molecule has 0 atom stereocenters. The molecule has 1 rings (SSSR count). The van der Waals surface area contributed by atoms with Crippen molar-refractivity contribution in [3.8, 4) is 0 Å². The average molecular weight is 219 g/mol. The van der Waals surface area contributed by atoms with Crippen molar-refractivity contribution in [3.05, 3.63) is 35.9 Å². The molecule has 0 saturated heterocycles. The molecule has 0 radical (unpaired) electrons. The number of nitrogens with zero attached hydrogens (tertiary/aromatic N) is 2. The molecule has 0 saturated carbocycles. The van der Waals surface area contributed by atoms with Gasteiger partial charge in [0.2, 0.25) is 0 Å². The van der Waals surface area contributed by atoms with Gasteiger partial charge in [-0.05, 0) is 0 Å². The topological polar surface area (TPSA) is 71.0 Å². The van der Waals surface area contributed by atoms with Crippen LogP contribution in [0.15, 0.2) is 40.6 Å². The molecule has 0 aromatic heterocycles. The molecular weight excluding hydrogens is 202 g/mol. The van der Waals surface area contributed by atoms with Gasteiger partial charge < -0.3 is 11.0 Å². The lowest BCUT2D eigenvalue weighted by molar-refractivity contribution is 0.320. The van der Waals surface area contributed by atoms with E-state index in [2.05, 4.69) is 10.3 Å². The summed E-state index contributed by atoms with van der Waals surface area (Å²) in [6.07, 6.45) is 0. The first-order chi connectivity index (χ1) is 7.50. The predicted molar refractivity (Wildman–Crippen MR) is 65.8 cm³/mol. The number of oxime groups is 1. The normalized spacial score (nSPS) is 13.9. The fraction of sp³-hybridized carbons (Fsp3) is 0.333. The second-order valence-corrected chi connectivity index (χ2v) is 4.54. The van der Waals surface area contributed by atoms with Crippen molar-refractivity contribution in [3.63, 3.8) is 0 Å². The quantitative estimate of drug-likeness (QED) is 0.346. The highest BCUT2D eigenvalue weighted by molar-refractivity contribution is 6.49. The van der Waals surface area contributed by atoms with Crippen molar-refractivity contribution in [1.82, 2.24) is 0 Å². The van der Waals surface area contributed by atoms with Gasteiger partial charge in [0.15, 0.2) is 0 Å². The van der Waals surface area contributed by atoms with Crippen molar-refractivity contribution < 1.29 is 5.21 Å². The lowest BCUT2D eigenvalue weighted by Gasteiger charge is -2.21. The summed E-state index contributed by atoms with van der Waals surface area (Å²) < 4.78 is 0. The minimum absolute atomic E-state index is 0.272. The summed E-state index contributed by atoms with van der Waals surface area (Å²) in [4.78, 5) is 0. The van der Waals surface area contributed by atoms with Crippen LogP contribution in [0.1, 0.15) is 26.3 Å². The third kappa shape index (κ3) is 2.59. The fourth-order valence-electron chi connectivity index (χ4n) is 1.45. The molecule has 16 heavy (non-hydrogen) atoms. The van der Waals surface area contributed by atoms with Crippen LogP contribution < -0.4 is 5.84 Å². The van der Waals surface area contributed by atoms with E-state index in [1.807, 2.05) is 51.1 Å². The Balaban J connectivity index is 3.20. The summed E-state index contributed by atoms with van der Waals surface area (Å²) in [7, 11) is 0. The summed E-state index contributed by atoms with van der Waals surface area (Å²) in [5.41, 5.74) is 1.51. The lowest BCUT2D eigenvalue weighted by Crippen LogP contribution is -2.31. The molecule has 4 nitrogen and oxygen atoms in total. The number of benzene rings is 1. The molecule has 4 heteroatoms. The van der Waals surface area contributed by atoms with Crippen LogP contribution in [0.4, 0.5) is 0 Å². The van der Waals surface area contributed by atoms with Crippen molar-refractivity contribution in [2.45, 2.75) is 20.8 Å². The van der Waals surface area contributed by atoms with E-state index in [4.69, 9.17) is 11.0 Å². The Kier molecular flexibility index (Phi) is 3.66. The zero-order chi connectivity index (χ0) is 12.2. The first-order valence-corrected chi connectivity index (χ1v) is 5.07. The monoisotopic (exact) mass is 219 g/mol. The van der Waals surface area contributed by atoms with Crippen LogP contribution in [-0.2, 0) is 0 Å². The smallest absolute Gasteiger partial charge is 0.133 e. The molecule has 1 aromatic carbocycles. The number of hydrazone groups is 1. The maximum absolute atomic E-state index is 9.10. The van der Waals surface area contributed by atoms with Gasteiger partial charge in [-0.2, -0.15) is 5.10 Å². The van der Waals surface area contributed by atoms with Gasteiger partial charge in [-0.1, -0.05) is 56.3 Å². The zero-order valence-corrected chi connectivity index (χ0v) is 9.81. The highest BCUT2D eigenvalue weighted by Crippen LogP contribution is 2.19. The van der Waals surface area contributed by atoms with Crippen molar-refractivity contribution in [2.75, 3.05) is 0 Å². The van der Waals surface area contributed by atoms with Crippen LogP contribution in [0.25, 0.3) is 0 Å². The maximum Gasteiger partial charge on any atom is 0.133 e. The molecule has 0 amide bonds. The van der Waals surface area contributed by atoms with E-state index < -0.39 is 0 Å². The SMILES string of the molecule is CC(C)(C)C(=N\N)/C(=N/O)c1ccccc1. The van der Waals surface area contributed by atoms with E-state index in [1.165, 1.54) is 0 Å². The van der Waals surface area contributed by atoms with Gasteiger partial charge in [0.05, 0.1) is 5.71 Å².